The molecule has 2 heteroatoms. The first-order chi connectivity index (χ1) is 8.50. The molecule has 0 unspecified atom stereocenters. The van der Waals surface area contributed by atoms with Gasteiger partial charge in [-0.2, -0.15) is 0 Å². The molecule has 2 aromatic rings. The Hall–Kier alpha value is -1.96. The number of rotatable bonds is 2. The number of hydrogen-bond acceptors (Lipinski definition) is 2. The van der Waals surface area contributed by atoms with Crippen molar-refractivity contribution in [2.45, 2.75) is 20.8 Å². The van der Waals surface area contributed by atoms with Crippen LogP contribution in [0, 0.1) is 20.8 Å². The molecule has 0 radical (unpaired) electrons. The van der Waals surface area contributed by atoms with Crippen LogP contribution in [0.3, 0.4) is 0 Å². The molecule has 0 atom stereocenters. The Bertz CT molecular complexity index is 573. The summed E-state index contributed by atoms with van der Waals surface area (Å²) in [6, 6.07) is 12.6. The van der Waals surface area contributed by atoms with Crippen LogP contribution < -0.4 is 10.6 Å². The Morgan fingerprint density at radius 1 is 0.889 bits per heavy atom. The van der Waals surface area contributed by atoms with Crippen LogP contribution in [0.15, 0.2) is 36.4 Å². The second-order valence-corrected chi connectivity index (χ2v) is 4.86. The fourth-order valence-electron chi connectivity index (χ4n) is 2.27. The van der Waals surface area contributed by atoms with Gasteiger partial charge in [-0.15, -0.1) is 0 Å². The number of para-hydroxylation sites is 1. The van der Waals surface area contributed by atoms with Crippen molar-refractivity contribution in [1.82, 2.24) is 0 Å². The first kappa shape index (κ1) is 12.5. The van der Waals surface area contributed by atoms with E-state index in [-0.39, 0.29) is 0 Å². The zero-order valence-electron chi connectivity index (χ0n) is 11.5. The van der Waals surface area contributed by atoms with Crippen molar-refractivity contribution in [1.29, 1.82) is 0 Å². The summed E-state index contributed by atoms with van der Waals surface area (Å²) in [5.74, 6) is 0. The quantitative estimate of drug-likeness (QED) is 0.805. The van der Waals surface area contributed by atoms with Gasteiger partial charge in [-0.25, -0.2) is 0 Å². The van der Waals surface area contributed by atoms with Crippen LogP contribution in [-0.2, 0) is 0 Å². The lowest BCUT2D eigenvalue weighted by Gasteiger charge is -2.24. The second-order valence-electron chi connectivity index (χ2n) is 4.86. The van der Waals surface area contributed by atoms with E-state index in [1.165, 1.54) is 16.8 Å². The number of nitrogens with two attached hydrogens (primary N) is 1. The number of nitrogen functional groups attached to an aromatic ring is 1. The third-order valence-electron chi connectivity index (χ3n) is 3.38. The monoisotopic (exact) mass is 240 g/mol. The van der Waals surface area contributed by atoms with Gasteiger partial charge in [0, 0.05) is 12.7 Å². The molecule has 2 N–H and O–H groups in total. The molecule has 2 aromatic carbocycles. The Kier molecular flexibility index (Phi) is 3.28. The summed E-state index contributed by atoms with van der Waals surface area (Å²) >= 11 is 0. The van der Waals surface area contributed by atoms with E-state index in [0.717, 1.165) is 16.9 Å². The Balaban J connectivity index is 2.48. The van der Waals surface area contributed by atoms with Crippen LogP contribution in [0.2, 0.25) is 0 Å². The van der Waals surface area contributed by atoms with Gasteiger partial charge >= 0.3 is 0 Å². The van der Waals surface area contributed by atoms with Crippen molar-refractivity contribution < 1.29 is 0 Å². The van der Waals surface area contributed by atoms with Crippen molar-refractivity contribution in [2.75, 3.05) is 17.7 Å². The third-order valence-corrected chi connectivity index (χ3v) is 3.38. The van der Waals surface area contributed by atoms with Crippen molar-refractivity contribution in [2.24, 2.45) is 0 Å². The molecule has 0 bridgehead atoms. The fraction of sp³-hybridized carbons (Fsp3) is 0.250. The van der Waals surface area contributed by atoms with Gasteiger partial charge in [-0.1, -0.05) is 29.8 Å². The van der Waals surface area contributed by atoms with Crippen LogP contribution >= 0.6 is 0 Å². The lowest BCUT2D eigenvalue weighted by molar-refractivity contribution is 1.18. The van der Waals surface area contributed by atoms with Crippen molar-refractivity contribution in [3.63, 3.8) is 0 Å². The van der Waals surface area contributed by atoms with Gasteiger partial charge in [-0.05, 0) is 44.0 Å². The normalized spacial score (nSPS) is 10.4. The molecule has 2 nitrogen and oxygen atoms in total. The highest BCUT2D eigenvalue weighted by Gasteiger charge is 2.10. The van der Waals surface area contributed by atoms with Crippen LogP contribution in [-0.4, -0.2) is 7.05 Å². The molecule has 18 heavy (non-hydrogen) atoms. The fourth-order valence-corrected chi connectivity index (χ4v) is 2.27. The molecule has 0 heterocycles. The maximum absolute atomic E-state index is 6.16. The lowest BCUT2D eigenvalue weighted by atomic mass is 10.1. The predicted octanol–water partition coefficient (Wildman–Crippen LogP) is 3.96. The first-order valence-electron chi connectivity index (χ1n) is 6.17. The van der Waals surface area contributed by atoms with Crippen molar-refractivity contribution in [3.05, 3.63) is 53.1 Å². The minimum absolute atomic E-state index is 0.847. The SMILES string of the molecule is Cc1ccc(N(C)c2cccc(C)c2N)c(C)c1. The molecular weight excluding hydrogens is 220 g/mol. The molecule has 0 amide bonds. The zero-order chi connectivity index (χ0) is 13.3. The highest BCUT2D eigenvalue weighted by Crippen LogP contribution is 2.32. The summed E-state index contributed by atoms with van der Waals surface area (Å²) in [5, 5.41) is 0. The number of hydrogen-bond donors (Lipinski definition) is 1. The second kappa shape index (κ2) is 4.73. The highest BCUT2D eigenvalue weighted by molar-refractivity contribution is 5.77. The minimum Gasteiger partial charge on any atom is -0.397 e. The Labute approximate surface area is 109 Å². The third kappa shape index (κ3) is 2.19. The molecule has 0 spiro atoms. The average molecular weight is 240 g/mol. The van der Waals surface area contributed by atoms with E-state index < -0.39 is 0 Å². The average Bonchev–Trinajstić information content (AvgIpc) is 2.32. The molecule has 0 saturated heterocycles. The van der Waals surface area contributed by atoms with Gasteiger partial charge in [0.05, 0.1) is 11.4 Å². The Morgan fingerprint density at radius 2 is 1.61 bits per heavy atom. The topological polar surface area (TPSA) is 29.3 Å². The summed E-state index contributed by atoms with van der Waals surface area (Å²) in [7, 11) is 2.06. The number of nitrogens with zero attached hydrogens (tertiary/aromatic N) is 1. The maximum Gasteiger partial charge on any atom is 0.0644 e. The molecule has 94 valence electrons. The van der Waals surface area contributed by atoms with Crippen LogP contribution in [0.5, 0.6) is 0 Å². The van der Waals surface area contributed by atoms with Gasteiger partial charge in [-0.3, -0.25) is 0 Å². The summed E-state index contributed by atoms with van der Waals surface area (Å²) in [6.45, 7) is 6.28. The van der Waals surface area contributed by atoms with E-state index in [1.807, 2.05) is 19.1 Å². The first-order valence-corrected chi connectivity index (χ1v) is 6.17. The minimum atomic E-state index is 0.847. The lowest BCUT2D eigenvalue weighted by Crippen LogP contribution is -2.13. The number of aryl methyl sites for hydroxylation is 3. The van der Waals surface area contributed by atoms with Crippen molar-refractivity contribution in [3.8, 4) is 0 Å². The zero-order valence-corrected chi connectivity index (χ0v) is 11.5. The van der Waals surface area contributed by atoms with E-state index in [1.54, 1.807) is 0 Å². The van der Waals surface area contributed by atoms with Crippen LogP contribution in [0.25, 0.3) is 0 Å². The van der Waals surface area contributed by atoms with E-state index in [9.17, 15) is 0 Å². The molecule has 0 aromatic heterocycles. The van der Waals surface area contributed by atoms with Crippen LogP contribution in [0.4, 0.5) is 17.1 Å². The molecule has 0 aliphatic carbocycles. The van der Waals surface area contributed by atoms with Crippen molar-refractivity contribution >= 4 is 17.1 Å². The van der Waals surface area contributed by atoms with Crippen LogP contribution in [0.1, 0.15) is 16.7 Å². The molecule has 0 aliphatic rings. The van der Waals surface area contributed by atoms with E-state index in [0.29, 0.717) is 0 Å². The smallest absolute Gasteiger partial charge is 0.0644 e. The van der Waals surface area contributed by atoms with Gasteiger partial charge in [0.15, 0.2) is 0 Å². The molecule has 2 rings (SSSR count). The van der Waals surface area contributed by atoms with Gasteiger partial charge < -0.3 is 10.6 Å². The molecule has 0 fully saturated rings. The van der Waals surface area contributed by atoms with Gasteiger partial charge in [0.25, 0.3) is 0 Å². The molecule has 0 aliphatic heterocycles. The van der Waals surface area contributed by atoms with Gasteiger partial charge in [0.1, 0.15) is 0 Å². The Morgan fingerprint density at radius 3 is 2.28 bits per heavy atom. The largest absolute Gasteiger partial charge is 0.397 e. The molecule has 0 saturated carbocycles. The summed E-state index contributed by atoms with van der Waals surface area (Å²) in [5.41, 5.74) is 12.9. The standard InChI is InChI=1S/C16H20N2/c1-11-8-9-14(13(3)10-11)18(4)15-7-5-6-12(2)16(15)17/h5-10H,17H2,1-4H3. The molecular formula is C16H20N2. The summed E-state index contributed by atoms with van der Waals surface area (Å²) in [6.07, 6.45) is 0. The summed E-state index contributed by atoms with van der Waals surface area (Å²) < 4.78 is 0. The van der Waals surface area contributed by atoms with E-state index >= 15 is 0 Å². The highest BCUT2D eigenvalue weighted by atomic mass is 15.1. The summed E-state index contributed by atoms with van der Waals surface area (Å²) in [4.78, 5) is 2.15. The number of anilines is 3. The van der Waals surface area contributed by atoms with Gasteiger partial charge in [0.2, 0.25) is 0 Å². The number of benzene rings is 2. The maximum atomic E-state index is 6.16. The van der Waals surface area contributed by atoms with E-state index in [4.69, 9.17) is 5.73 Å². The predicted molar refractivity (Wildman–Crippen MR) is 79.6 cm³/mol. The van der Waals surface area contributed by atoms with E-state index in [2.05, 4.69) is 50.1 Å².